The number of hydrogen-bond donors (Lipinski definition) is 8. The molecule has 1 heterocycles. The quantitative estimate of drug-likeness (QED) is 0.164. The number of carboxylic acids is 2. The lowest BCUT2D eigenvalue weighted by atomic mass is 10.0. The van der Waals surface area contributed by atoms with E-state index in [9.17, 15) is 34.2 Å². The summed E-state index contributed by atoms with van der Waals surface area (Å²) in [5.74, 6) is -5.80. The average Bonchev–Trinajstić information content (AvgIpc) is 3.22. The molecule has 202 valence electrons. The van der Waals surface area contributed by atoms with Gasteiger partial charge in [-0.25, -0.2) is 4.79 Å². The van der Waals surface area contributed by atoms with Gasteiger partial charge in [-0.1, -0.05) is 32.0 Å². The number of nitrogens with two attached hydrogens (primary N) is 1. The minimum absolute atomic E-state index is 0.104. The molecule has 5 atom stereocenters. The summed E-state index contributed by atoms with van der Waals surface area (Å²) < 4.78 is 0. The van der Waals surface area contributed by atoms with Gasteiger partial charge in [-0.15, -0.1) is 0 Å². The normalized spacial score (nSPS) is 15.3. The number of carbonyl (C=O) groups is 5. The van der Waals surface area contributed by atoms with Gasteiger partial charge in [-0.05, 0) is 24.5 Å². The number of benzene rings is 1. The van der Waals surface area contributed by atoms with Crippen molar-refractivity contribution < 1.29 is 39.3 Å². The molecule has 0 aliphatic rings. The van der Waals surface area contributed by atoms with E-state index < -0.39 is 66.4 Å². The second kappa shape index (κ2) is 12.8. The molecule has 0 saturated carbocycles. The summed E-state index contributed by atoms with van der Waals surface area (Å²) in [5, 5.41) is 36.2. The molecule has 0 saturated heterocycles. The van der Waals surface area contributed by atoms with Gasteiger partial charge in [0.25, 0.3) is 0 Å². The van der Waals surface area contributed by atoms with Crippen LogP contribution in [-0.4, -0.2) is 80.2 Å². The molecule has 9 N–H and O–H groups in total. The van der Waals surface area contributed by atoms with Gasteiger partial charge in [0.15, 0.2) is 0 Å². The molecule has 0 aliphatic heterocycles. The second-order valence-electron chi connectivity index (χ2n) is 9.12. The van der Waals surface area contributed by atoms with Gasteiger partial charge in [-0.2, -0.15) is 0 Å². The van der Waals surface area contributed by atoms with Crippen LogP contribution in [0.1, 0.15) is 32.8 Å². The number of hydrogen-bond acceptors (Lipinski definition) is 7. The first-order valence-electron chi connectivity index (χ1n) is 11.7. The maximum absolute atomic E-state index is 13.1. The summed E-state index contributed by atoms with van der Waals surface area (Å²) in [6.07, 6.45) is -0.723. The van der Waals surface area contributed by atoms with Crippen molar-refractivity contribution in [3.8, 4) is 0 Å². The number of H-pyrrole nitrogens is 1. The Morgan fingerprint density at radius 2 is 1.54 bits per heavy atom. The van der Waals surface area contributed by atoms with Crippen molar-refractivity contribution in [3.63, 3.8) is 0 Å². The van der Waals surface area contributed by atoms with E-state index in [4.69, 9.17) is 10.8 Å². The molecule has 37 heavy (non-hydrogen) atoms. The molecule has 13 heteroatoms. The van der Waals surface area contributed by atoms with Gasteiger partial charge in [-0.3, -0.25) is 19.2 Å². The summed E-state index contributed by atoms with van der Waals surface area (Å²) in [6.45, 7) is 4.69. The number of rotatable bonds is 13. The van der Waals surface area contributed by atoms with Crippen LogP contribution >= 0.6 is 0 Å². The highest BCUT2D eigenvalue weighted by atomic mass is 16.4. The molecule has 2 rings (SSSR count). The first kappa shape index (κ1) is 29.3. The number of carbonyl (C=O) groups excluding carboxylic acids is 3. The number of aliphatic hydroxyl groups is 1. The minimum atomic E-state index is -1.75. The highest BCUT2D eigenvalue weighted by Gasteiger charge is 2.33. The predicted octanol–water partition coefficient (Wildman–Crippen LogP) is -0.912. The van der Waals surface area contributed by atoms with Crippen molar-refractivity contribution in [3.05, 3.63) is 36.0 Å². The largest absolute Gasteiger partial charge is 0.481 e. The maximum atomic E-state index is 13.1. The van der Waals surface area contributed by atoms with E-state index in [0.717, 1.165) is 10.9 Å². The lowest BCUT2D eigenvalue weighted by Crippen LogP contribution is -2.60. The number of amides is 3. The summed E-state index contributed by atoms with van der Waals surface area (Å²) in [6, 6.07) is 1.62. The Morgan fingerprint density at radius 1 is 0.919 bits per heavy atom. The van der Waals surface area contributed by atoms with Crippen molar-refractivity contribution >= 4 is 40.6 Å². The third-order valence-electron chi connectivity index (χ3n) is 5.81. The van der Waals surface area contributed by atoms with Crippen molar-refractivity contribution in [1.82, 2.24) is 20.9 Å². The van der Waals surface area contributed by atoms with E-state index in [-0.39, 0.29) is 12.3 Å². The number of aliphatic hydroxyl groups excluding tert-OH is 1. The number of aliphatic carboxylic acids is 2. The Kier molecular flexibility index (Phi) is 10.1. The monoisotopic (exact) mass is 519 g/mol. The average molecular weight is 520 g/mol. The van der Waals surface area contributed by atoms with Crippen LogP contribution in [0, 0.1) is 5.92 Å². The third kappa shape index (κ3) is 8.02. The minimum Gasteiger partial charge on any atom is -0.481 e. The van der Waals surface area contributed by atoms with Gasteiger partial charge in [0.2, 0.25) is 17.7 Å². The lowest BCUT2D eigenvalue weighted by Gasteiger charge is -2.27. The smallest absolute Gasteiger partial charge is 0.326 e. The first-order valence-corrected chi connectivity index (χ1v) is 11.7. The van der Waals surface area contributed by atoms with Crippen LogP contribution in [0.2, 0.25) is 0 Å². The Hall–Kier alpha value is -3.97. The molecule has 0 spiro atoms. The summed E-state index contributed by atoms with van der Waals surface area (Å²) in [4.78, 5) is 64.2. The van der Waals surface area contributed by atoms with Crippen LogP contribution in [0.3, 0.4) is 0 Å². The second-order valence-corrected chi connectivity index (χ2v) is 9.12. The zero-order chi connectivity index (χ0) is 27.9. The van der Waals surface area contributed by atoms with Gasteiger partial charge in [0.1, 0.15) is 18.1 Å². The van der Waals surface area contributed by atoms with E-state index >= 15 is 0 Å². The molecule has 3 amide bonds. The van der Waals surface area contributed by atoms with Crippen molar-refractivity contribution in [2.75, 3.05) is 0 Å². The van der Waals surface area contributed by atoms with E-state index in [2.05, 4.69) is 20.9 Å². The van der Waals surface area contributed by atoms with Crippen molar-refractivity contribution in [1.29, 1.82) is 0 Å². The summed E-state index contributed by atoms with van der Waals surface area (Å²) in [7, 11) is 0. The topological polar surface area (TPSA) is 224 Å². The fourth-order valence-corrected chi connectivity index (χ4v) is 3.60. The molecule has 0 aliphatic carbocycles. The zero-order valence-electron chi connectivity index (χ0n) is 20.7. The Balaban J connectivity index is 2.33. The first-order chi connectivity index (χ1) is 17.3. The number of para-hydroxylation sites is 1. The Bertz CT molecular complexity index is 1150. The van der Waals surface area contributed by atoms with E-state index in [0.29, 0.717) is 5.56 Å². The van der Waals surface area contributed by atoms with Crippen LogP contribution in [0.5, 0.6) is 0 Å². The molecule has 13 nitrogen and oxygen atoms in total. The van der Waals surface area contributed by atoms with Gasteiger partial charge >= 0.3 is 11.9 Å². The maximum Gasteiger partial charge on any atom is 0.326 e. The number of nitrogens with one attached hydrogen (secondary N) is 4. The van der Waals surface area contributed by atoms with Gasteiger partial charge in [0.05, 0.1) is 18.6 Å². The van der Waals surface area contributed by atoms with E-state index in [1.165, 1.54) is 6.92 Å². The summed E-state index contributed by atoms with van der Waals surface area (Å²) >= 11 is 0. The van der Waals surface area contributed by atoms with Crippen molar-refractivity contribution in [2.45, 2.75) is 63.9 Å². The predicted molar refractivity (Wildman–Crippen MR) is 132 cm³/mol. The van der Waals surface area contributed by atoms with Crippen LogP contribution in [0.25, 0.3) is 10.9 Å². The molecule has 0 fully saturated rings. The number of fused-ring (bicyclic) bond motifs is 1. The number of aromatic amines is 1. The molecule has 0 bridgehead atoms. The van der Waals surface area contributed by atoms with E-state index in [1.807, 2.05) is 0 Å². The fourth-order valence-electron chi connectivity index (χ4n) is 3.60. The Labute approximate surface area is 212 Å². The molecular weight excluding hydrogens is 486 g/mol. The van der Waals surface area contributed by atoms with Crippen LogP contribution in [0.4, 0.5) is 0 Å². The standard InChI is InChI=1S/C24H33N5O8/c1-11(2)19(25)22(34)29-20(12(3)30)23(35)27-16(21(33)28-17(24(36)37)9-18(31)32)8-13-10-26-15-7-5-4-6-14(13)15/h4-7,10-12,16-17,19-20,26,30H,8-9,25H2,1-3H3,(H,27,35)(H,28,33)(H,29,34)(H,31,32)(H,36,37). The molecule has 0 radical (unpaired) electrons. The summed E-state index contributed by atoms with van der Waals surface area (Å²) in [5.41, 5.74) is 7.20. The zero-order valence-corrected chi connectivity index (χ0v) is 20.7. The van der Waals surface area contributed by atoms with Crippen LogP contribution in [0.15, 0.2) is 30.5 Å². The molecule has 5 unspecified atom stereocenters. The number of carboxylic acid groups (broad SMARTS) is 2. The van der Waals surface area contributed by atoms with Crippen molar-refractivity contribution in [2.24, 2.45) is 11.7 Å². The third-order valence-corrected chi connectivity index (χ3v) is 5.81. The Morgan fingerprint density at radius 3 is 2.11 bits per heavy atom. The van der Waals surface area contributed by atoms with Gasteiger partial charge < -0.3 is 42.0 Å². The van der Waals surface area contributed by atoms with Crippen LogP contribution in [-0.2, 0) is 30.4 Å². The highest BCUT2D eigenvalue weighted by molar-refractivity contribution is 5.95. The molecular formula is C24H33N5O8. The number of aromatic nitrogens is 1. The molecule has 1 aromatic carbocycles. The van der Waals surface area contributed by atoms with Crippen LogP contribution < -0.4 is 21.7 Å². The molecule has 1 aromatic heterocycles. The fraction of sp³-hybridized carbons (Fsp3) is 0.458. The highest BCUT2D eigenvalue weighted by Crippen LogP contribution is 2.19. The molecule has 2 aromatic rings. The SMILES string of the molecule is CC(C)C(N)C(=O)NC(C(=O)NC(Cc1c[nH]c2ccccc12)C(=O)NC(CC(=O)O)C(=O)O)C(C)O. The lowest BCUT2D eigenvalue weighted by molar-refractivity contribution is -0.147. The van der Waals surface area contributed by atoms with Gasteiger partial charge in [0, 0.05) is 23.5 Å². The van der Waals surface area contributed by atoms with E-state index in [1.54, 1.807) is 44.3 Å².